The molecule has 6 nitrogen and oxygen atoms in total. The van der Waals surface area contributed by atoms with Gasteiger partial charge in [-0.2, -0.15) is 0 Å². The summed E-state index contributed by atoms with van der Waals surface area (Å²) in [7, 11) is 3.36. The molecule has 0 bridgehead atoms. The van der Waals surface area contributed by atoms with E-state index in [1.54, 1.807) is 14.2 Å². The van der Waals surface area contributed by atoms with E-state index in [1.807, 2.05) is 18.2 Å². The SMILES string of the molecule is COc1cccc(C2CCCN2CC(=O)N(C)CC(=O)NC2CC2)c1. The Morgan fingerprint density at radius 3 is 2.84 bits per heavy atom. The van der Waals surface area contributed by atoms with Crippen LogP contribution in [0.25, 0.3) is 0 Å². The number of benzene rings is 1. The molecule has 2 amide bonds. The lowest BCUT2D eigenvalue weighted by molar-refractivity contribution is -0.135. The predicted octanol–water partition coefficient (Wildman–Crippen LogP) is 1.57. The van der Waals surface area contributed by atoms with E-state index in [4.69, 9.17) is 4.74 Å². The van der Waals surface area contributed by atoms with E-state index in [-0.39, 0.29) is 24.4 Å². The van der Waals surface area contributed by atoms with E-state index in [1.165, 1.54) is 10.5 Å². The van der Waals surface area contributed by atoms with Crippen molar-refractivity contribution in [2.75, 3.05) is 33.8 Å². The number of carbonyl (C=O) groups is 2. The van der Waals surface area contributed by atoms with Gasteiger partial charge in [0.1, 0.15) is 5.75 Å². The standard InChI is InChI=1S/C19H27N3O3/c1-21(12-18(23)20-15-8-9-15)19(24)13-22-10-4-7-17(22)14-5-3-6-16(11-14)25-2/h3,5-6,11,15,17H,4,7-10,12-13H2,1-2H3,(H,20,23). The number of hydrogen-bond acceptors (Lipinski definition) is 4. The van der Waals surface area contributed by atoms with E-state index >= 15 is 0 Å². The van der Waals surface area contributed by atoms with Crippen LogP contribution in [-0.2, 0) is 9.59 Å². The zero-order valence-electron chi connectivity index (χ0n) is 15.0. The Hall–Kier alpha value is -2.08. The number of likely N-dealkylation sites (tertiary alicyclic amines) is 1. The summed E-state index contributed by atoms with van der Waals surface area (Å²) in [4.78, 5) is 28.1. The number of likely N-dealkylation sites (N-methyl/N-ethyl adjacent to an activating group) is 1. The molecule has 3 rings (SSSR count). The van der Waals surface area contributed by atoms with Crippen molar-refractivity contribution in [2.45, 2.75) is 37.8 Å². The third-order valence-electron chi connectivity index (χ3n) is 4.93. The molecule has 1 aromatic rings. The monoisotopic (exact) mass is 345 g/mol. The fourth-order valence-electron chi connectivity index (χ4n) is 3.34. The van der Waals surface area contributed by atoms with Crippen molar-refractivity contribution >= 4 is 11.8 Å². The molecule has 0 spiro atoms. The largest absolute Gasteiger partial charge is 0.497 e. The molecule has 1 aliphatic carbocycles. The van der Waals surface area contributed by atoms with E-state index < -0.39 is 0 Å². The lowest BCUT2D eigenvalue weighted by Gasteiger charge is -2.27. The number of ether oxygens (including phenoxy) is 1. The van der Waals surface area contributed by atoms with Gasteiger partial charge in [0.05, 0.1) is 20.2 Å². The molecule has 0 aromatic heterocycles. The number of rotatable bonds is 7. The van der Waals surface area contributed by atoms with E-state index in [0.29, 0.717) is 12.6 Å². The van der Waals surface area contributed by atoms with E-state index in [2.05, 4.69) is 16.3 Å². The molecule has 1 saturated carbocycles. The molecular formula is C19H27N3O3. The maximum atomic E-state index is 12.5. The number of methoxy groups -OCH3 is 1. The van der Waals surface area contributed by atoms with Crippen molar-refractivity contribution in [1.82, 2.24) is 15.1 Å². The van der Waals surface area contributed by atoms with Gasteiger partial charge in [0.2, 0.25) is 11.8 Å². The topological polar surface area (TPSA) is 61.9 Å². The second-order valence-electron chi connectivity index (χ2n) is 7.00. The molecule has 2 fully saturated rings. The number of amides is 2. The summed E-state index contributed by atoms with van der Waals surface area (Å²) in [5.41, 5.74) is 1.18. The molecule has 1 atom stereocenters. The Labute approximate surface area is 149 Å². The highest BCUT2D eigenvalue weighted by Gasteiger charge is 2.29. The van der Waals surface area contributed by atoms with Gasteiger partial charge in [0.15, 0.2) is 0 Å². The summed E-state index contributed by atoms with van der Waals surface area (Å²) >= 11 is 0. The van der Waals surface area contributed by atoms with E-state index in [0.717, 1.165) is 38.0 Å². The van der Waals surface area contributed by atoms with Crippen molar-refractivity contribution < 1.29 is 14.3 Å². The highest BCUT2D eigenvalue weighted by atomic mass is 16.5. The normalized spacial score (nSPS) is 20.3. The van der Waals surface area contributed by atoms with Crippen molar-refractivity contribution in [3.8, 4) is 5.75 Å². The van der Waals surface area contributed by atoms with Crippen LogP contribution in [0.5, 0.6) is 5.75 Å². The Balaban J connectivity index is 1.56. The second-order valence-corrected chi connectivity index (χ2v) is 7.00. The summed E-state index contributed by atoms with van der Waals surface area (Å²) in [6, 6.07) is 8.60. The molecule has 1 unspecified atom stereocenters. The number of carbonyl (C=O) groups excluding carboxylic acids is 2. The third-order valence-corrected chi connectivity index (χ3v) is 4.93. The molecule has 1 aliphatic heterocycles. The van der Waals surface area contributed by atoms with Gasteiger partial charge in [-0.05, 0) is 49.9 Å². The quantitative estimate of drug-likeness (QED) is 0.815. The second kappa shape index (κ2) is 7.87. The molecule has 25 heavy (non-hydrogen) atoms. The van der Waals surface area contributed by atoms with Crippen LogP contribution in [0.1, 0.15) is 37.3 Å². The predicted molar refractivity (Wildman–Crippen MR) is 95.3 cm³/mol. The number of hydrogen-bond donors (Lipinski definition) is 1. The Bertz CT molecular complexity index is 630. The lowest BCUT2D eigenvalue weighted by atomic mass is 10.0. The van der Waals surface area contributed by atoms with Gasteiger partial charge in [-0.15, -0.1) is 0 Å². The van der Waals surface area contributed by atoms with Gasteiger partial charge in [0.25, 0.3) is 0 Å². The third kappa shape index (κ3) is 4.72. The molecule has 1 heterocycles. The van der Waals surface area contributed by atoms with Gasteiger partial charge in [0, 0.05) is 19.1 Å². The van der Waals surface area contributed by atoms with Crippen molar-refractivity contribution in [1.29, 1.82) is 0 Å². The average molecular weight is 345 g/mol. The molecule has 0 radical (unpaired) electrons. The molecule has 1 N–H and O–H groups in total. The lowest BCUT2D eigenvalue weighted by Crippen LogP contribution is -2.43. The Morgan fingerprint density at radius 1 is 1.32 bits per heavy atom. The molecular weight excluding hydrogens is 318 g/mol. The van der Waals surface area contributed by atoms with Gasteiger partial charge in [-0.25, -0.2) is 0 Å². The van der Waals surface area contributed by atoms with Gasteiger partial charge in [-0.1, -0.05) is 12.1 Å². The summed E-state index contributed by atoms with van der Waals surface area (Å²) in [5, 5.41) is 2.92. The summed E-state index contributed by atoms with van der Waals surface area (Å²) < 4.78 is 5.31. The first-order chi connectivity index (χ1) is 12.1. The molecule has 2 aliphatic rings. The van der Waals surface area contributed by atoms with Crippen LogP contribution in [0.4, 0.5) is 0 Å². The fourth-order valence-corrected chi connectivity index (χ4v) is 3.34. The zero-order chi connectivity index (χ0) is 17.8. The number of nitrogens with zero attached hydrogens (tertiary/aromatic N) is 2. The fraction of sp³-hybridized carbons (Fsp3) is 0.579. The minimum atomic E-state index is -0.0656. The maximum Gasteiger partial charge on any atom is 0.239 e. The van der Waals surface area contributed by atoms with Gasteiger partial charge in [-0.3, -0.25) is 14.5 Å². The molecule has 6 heteroatoms. The highest BCUT2D eigenvalue weighted by Crippen LogP contribution is 2.33. The van der Waals surface area contributed by atoms with Crippen molar-refractivity contribution in [3.05, 3.63) is 29.8 Å². The van der Waals surface area contributed by atoms with Crippen LogP contribution >= 0.6 is 0 Å². The van der Waals surface area contributed by atoms with Gasteiger partial charge < -0.3 is 15.0 Å². The minimum Gasteiger partial charge on any atom is -0.497 e. The zero-order valence-corrected chi connectivity index (χ0v) is 15.0. The Kier molecular flexibility index (Phi) is 5.58. The van der Waals surface area contributed by atoms with Crippen LogP contribution in [0.3, 0.4) is 0 Å². The first-order valence-corrected chi connectivity index (χ1v) is 8.98. The first-order valence-electron chi connectivity index (χ1n) is 8.98. The van der Waals surface area contributed by atoms with Crippen molar-refractivity contribution in [3.63, 3.8) is 0 Å². The minimum absolute atomic E-state index is 0.0132. The van der Waals surface area contributed by atoms with Crippen LogP contribution < -0.4 is 10.1 Å². The van der Waals surface area contributed by atoms with Gasteiger partial charge >= 0.3 is 0 Å². The Morgan fingerprint density at radius 2 is 2.12 bits per heavy atom. The smallest absolute Gasteiger partial charge is 0.239 e. The molecule has 136 valence electrons. The summed E-state index contributed by atoms with van der Waals surface area (Å²) in [6.07, 6.45) is 4.21. The molecule has 1 aromatic carbocycles. The summed E-state index contributed by atoms with van der Waals surface area (Å²) in [6.45, 7) is 1.37. The summed E-state index contributed by atoms with van der Waals surface area (Å²) in [5.74, 6) is 0.759. The maximum absolute atomic E-state index is 12.5. The van der Waals surface area contributed by atoms with Crippen LogP contribution in [0.15, 0.2) is 24.3 Å². The van der Waals surface area contributed by atoms with Crippen LogP contribution in [-0.4, -0.2) is 61.4 Å². The van der Waals surface area contributed by atoms with Crippen LogP contribution in [0, 0.1) is 0 Å². The van der Waals surface area contributed by atoms with Crippen LogP contribution in [0.2, 0.25) is 0 Å². The highest BCUT2D eigenvalue weighted by molar-refractivity contribution is 5.85. The number of nitrogens with one attached hydrogen (secondary N) is 1. The van der Waals surface area contributed by atoms with E-state index in [9.17, 15) is 9.59 Å². The first kappa shape index (κ1) is 17.7. The van der Waals surface area contributed by atoms with Crippen molar-refractivity contribution in [2.24, 2.45) is 0 Å². The average Bonchev–Trinajstić information content (AvgIpc) is 3.29. The molecule has 1 saturated heterocycles.